The third kappa shape index (κ3) is 4.25. The molecule has 0 aliphatic carbocycles. The molecule has 3 aromatic heterocycles. The Labute approximate surface area is 198 Å². The number of hydrogen-bond acceptors (Lipinski definition) is 7. The summed E-state index contributed by atoms with van der Waals surface area (Å²) in [6.45, 7) is 9.11. The number of nitrogens with one attached hydrogen (secondary N) is 1. The predicted octanol–water partition coefficient (Wildman–Crippen LogP) is 4.90. The van der Waals surface area contributed by atoms with E-state index in [4.69, 9.17) is 0 Å². The van der Waals surface area contributed by atoms with Crippen LogP contribution in [0.25, 0.3) is 32.6 Å². The van der Waals surface area contributed by atoms with Crippen LogP contribution in [0.5, 0.6) is 0 Å². The molecule has 1 saturated heterocycles. The van der Waals surface area contributed by atoms with Crippen LogP contribution in [0.15, 0.2) is 42.2 Å². The summed E-state index contributed by atoms with van der Waals surface area (Å²) in [6, 6.07) is 8.80. The summed E-state index contributed by atoms with van der Waals surface area (Å²) < 4.78 is 2.93. The highest BCUT2D eigenvalue weighted by Gasteiger charge is 2.39. The third-order valence-corrected chi connectivity index (χ3v) is 7.36. The van der Waals surface area contributed by atoms with Crippen LogP contribution < -0.4 is 10.2 Å². The number of rotatable bonds is 4. The summed E-state index contributed by atoms with van der Waals surface area (Å²) in [5.74, 6) is 0.907. The molecule has 172 valence electrons. The van der Waals surface area contributed by atoms with Crippen molar-refractivity contribution in [3.63, 3.8) is 0 Å². The highest BCUT2D eigenvalue weighted by atomic mass is 32.1. The van der Waals surface area contributed by atoms with E-state index in [9.17, 15) is 0 Å². The minimum Gasteiger partial charge on any atom is -0.355 e. The van der Waals surface area contributed by atoms with E-state index in [1.54, 1.807) is 11.3 Å². The molecule has 0 atom stereocenters. The van der Waals surface area contributed by atoms with Gasteiger partial charge >= 0.3 is 0 Å². The lowest BCUT2D eigenvalue weighted by Gasteiger charge is -2.49. The number of fused-ring (bicyclic) bond motifs is 1. The molecule has 0 unspecified atom stereocenters. The van der Waals surface area contributed by atoms with E-state index in [-0.39, 0.29) is 11.1 Å². The van der Waals surface area contributed by atoms with E-state index >= 15 is 0 Å². The quantitative estimate of drug-likeness (QED) is 0.466. The van der Waals surface area contributed by atoms with Gasteiger partial charge < -0.3 is 10.2 Å². The Bertz CT molecular complexity index is 1270. The average Bonchev–Trinajstić information content (AvgIpc) is 3.40. The third-order valence-electron chi connectivity index (χ3n) is 6.50. The number of hydrogen-bond donors (Lipinski definition) is 1. The monoisotopic (exact) mass is 461 g/mol. The molecule has 7 nitrogen and oxygen atoms in total. The van der Waals surface area contributed by atoms with Crippen molar-refractivity contribution in [3.8, 4) is 22.4 Å². The molecule has 0 radical (unpaired) electrons. The Morgan fingerprint density at radius 2 is 1.76 bits per heavy atom. The van der Waals surface area contributed by atoms with E-state index in [1.807, 2.05) is 29.6 Å². The second-order valence-corrected chi connectivity index (χ2v) is 11.3. The van der Waals surface area contributed by atoms with Crippen molar-refractivity contribution in [2.75, 3.05) is 11.9 Å². The van der Waals surface area contributed by atoms with E-state index in [0.717, 1.165) is 51.3 Å². The maximum atomic E-state index is 4.64. The largest absolute Gasteiger partial charge is 0.355 e. The maximum absolute atomic E-state index is 4.64. The predicted molar refractivity (Wildman–Crippen MR) is 136 cm³/mol. The summed E-state index contributed by atoms with van der Waals surface area (Å²) in [5, 5.41) is 17.3. The van der Waals surface area contributed by atoms with Gasteiger partial charge in [-0.15, -0.1) is 21.5 Å². The molecule has 0 spiro atoms. The second kappa shape index (κ2) is 7.88. The zero-order valence-corrected chi connectivity index (χ0v) is 20.9. The minimum absolute atomic E-state index is 0.0852. The molecule has 8 heteroatoms. The van der Waals surface area contributed by atoms with Gasteiger partial charge in [-0.1, -0.05) is 12.1 Å². The van der Waals surface area contributed by atoms with Crippen LogP contribution >= 0.6 is 11.3 Å². The Morgan fingerprint density at radius 1 is 1.03 bits per heavy atom. The molecule has 33 heavy (non-hydrogen) atoms. The van der Waals surface area contributed by atoms with Crippen LogP contribution in [0.2, 0.25) is 0 Å². The molecule has 4 aromatic rings. The average molecular weight is 462 g/mol. The summed E-state index contributed by atoms with van der Waals surface area (Å²) >= 11 is 1.63. The van der Waals surface area contributed by atoms with Gasteiger partial charge in [-0.05, 0) is 52.7 Å². The fourth-order valence-corrected chi connectivity index (χ4v) is 6.17. The molecule has 1 aliphatic heterocycles. The second-order valence-electron chi connectivity index (χ2n) is 10.4. The number of piperidine rings is 1. The molecule has 1 aromatic carbocycles. The van der Waals surface area contributed by atoms with Gasteiger partial charge in [-0.25, -0.2) is 4.98 Å². The molecular weight excluding hydrogens is 430 g/mol. The highest BCUT2D eigenvalue weighted by Crippen LogP contribution is 2.37. The molecule has 0 amide bonds. The highest BCUT2D eigenvalue weighted by molar-refractivity contribution is 7.17. The van der Waals surface area contributed by atoms with Gasteiger partial charge in [0.1, 0.15) is 0 Å². The first-order valence-electron chi connectivity index (χ1n) is 11.3. The number of anilines is 1. The van der Waals surface area contributed by atoms with Gasteiger partial charge in [0.15, 0.2) is 5.82 Å². The van der Waals surface area contributed by atoms with Crippen LogP contribution in [0.4, 0.5) is 5.82 Å². The standard InChI is InChI=1S/C25H31N7S/c1-24(2)11-17(12-25(3,4)30-24)32(6)21-10-9-20(28-29-21)19-8-7-18(16-13-27-31(5)14-16)22-23(19)33-15-26-22/h7-10,13-15,17,30H,11-12H2,1-6H3. The van der Waals surface area contributed by atoms with Gasteiger partial charge in [0, 0.05) is 54.1 Å². The lowest BCUT2D eigenvalue weighted by atomic mass is 9.79. The molecule has 1 aliphatic rings. The minimum atomic E-state index is 0.0852. The Balaban J connectivity index is 1.44. The Morgan fingerprint density at radius 3 is 2.39 bits per heavy atom. The molecule has 1 fully saturated rings. The van der Waals surface area contributed by atoms with Gasteiger partial charge in [0.05, 0.1) is 27.6 Å². The van der Waals surface area contributed by atoms with Gasteiger partial charge in [0.25, 0.3) is 0 Å². The van der Waals surface area contributed by atoms with Gasteiger partial charge in [-0.2, -0.15) is 5.10 Å². The number of aromatic nitrogens is 5. The molecule has 0 saturated carbocycles. The van der Waals surface area contributed by atoms with E-state index in [2.05, 4.69) is 89.5 Å². The molecule has 5 rings (SSSR count). The van der Waals surface area contributed by atoms with Crippen LogP contribution in [0.3, 0.4) is 0 Å². The summed E-state index contributed by atoms with van der Waals surface area (Å²) in [7, 11) is 4.06. The van der Waals surface area contributed by atoms with Crippen molar-refractivity contribution in [3.05, 3.63) is 42.2 Å². The van der Waals surface area contributed by atoms with Crippen LogP contribution in [0, 0.1) is 0 Å². The zero-order valence-electron chi connectivity index (χ0n) is 20.1. The van der Waals surface area contributed by atoms with Crippen LogP contribution in [0.1, 0.15) is 40.5 Å². The fraction of sp³-hybridized carbons (Fsp3) is 0.440. The van der Waals surface area contributed by atoms with Crippen molar-refractivity contribution < 1.29 is 0 Å². The number of thiazole rings is 1. The number of benzene rings is 1. The van der Waals surface area contributed by atoms with Crippen molar-refractivity contribution in [2.45, 2.75) is 57.7 Å². The van der Waals surface area contributed by atoms with E-state index in [1.165, 1.54) is 0 Å². The fourth-order valence-electron chi connectivity index (χ4n) is 5.33. The first-order chi connectivity index (χ1) is 15.6. The van der Waals surface area contributed by atoms with E-state index < -0.39 is 0 Å². The summed E-state index contributed by atoms with van der Waals surface area (Å²) in [5.41, 5.74) is 7.12. The molecule has 4 heterocycles. The van der Waals surface area contributed by atoms with Gasteiger partial charge in [-0.3, -0.25) is 4.68 Å². The number of aryl methyl sites for hydroxylation is 1. The summed E-state index contributed by atoms with van der Waals surface area (Å²) in [6.07, 6.45) is 6.02. The van der Waals surface area contributed by atoms with Crippen molar-refractivity contribution in [2.24, 2.45) is 7.05 Å². The van der Waals surface area contributed by atoms with Crippen LogP contribution in [-0.2, 0) is 7.05 Å². The van der Waals surface area contributed by atoms with Crippen molar-refractivity contribution in [1.82, 2.24) is 30.3 Å². The van der Waals surface area contributed by atoms with Crippen molar-refractivity contribution >= 4 is 27.4 Å². The van der Waals surface area contributed by atoms with Gasteiger partial charge in [0.2, 0.25) is 0 Å². The van der Waals surface area contributed by atoms with Crippen molar-refractivity contribution in [1.29, 1.82) is 0 Å². The molecular formula is C25H31N7S. The molecule has 1 N–H and O–H groups in total. The smallest absolute Gasteiger partial charge is 0.151 e. The number of nitrogens with zero attached hydrogens (tertiary/aromatic N) is 6. The lowest BCUT2D eigenvalue weighted by Crippen LogP contribution is -2.62. The SMILES string of the molecule is CN(c1ccc(-c2ccc(-c3cnn(C)c3)c3ncsc23)nn1)C1CC(C)(C)NC(C)(C)C1. The van der Waals surface area contributed by atoms with Crippen LogP contribution in [-0.4, -0.2) is 49.1 Å². The normalized spacial score (nSPS) is 18.0. The Kier molecular flexibility index (Phi) is 5.25. The summed E-state index contributed by atoms with van der Waals surface area (Å²) in [4.78, 5) is 6.93. The first-order valence-corrected chi connectivity index (χ1v) is 12.2. The lowest BCUT2D eigenvalue weighted by molar-refractivity contribution is 0.160. The first kappa shape index (κ1) is 22.0. The molecule has 0 bridgehead atoms. The Hall–Kier alpha value is -2.84. The maximum Gasteiger partial charge on any atom is 0.151 e. The zero-order chi connectivity index (χ0) is 23.4. The topological polar surface area (TPSA) is 71.8 Å². The van der Waals surface area contributed by atoms with E-state index in [0.29, 0.717) is 6.04 Å².